The van der Waals surface area contributed by atoms with E-state index in [1.54, 1.807) is 30.9 Å². The Hall–Kier alpha value is -2.09. The summed E-state index contributed by atoms with van der Waals surface area (Å²) in [7, 11) is 0. The highest BCUT2D eigenvalue weighted by Crippen LogP contribution is 2.45. The molecular weight excluding hydrogens is 292 g/mol. The maximum atomic E-state index is 12.5. The zero-order valence-electron chi connectivity index (χ0n) is 14.8. The van der Waals surface area contributed by atoms with Crippen LogP contribution in [0.4, 0.5) is 0 Å². The standard InChI is InChI=1S/C18H26N2O3/c1-7-9-14(21)20-16(3,4)11-18(13-19,12-17(20,5)6)23-15(22)10-8-2/h7-10H,11-12H2,1-6H3. The summed E-state index contributed by atoms with van der Waals surface area (Å²) in [6.07, 6.45) is 6.64. The Bertz CT molecular complexity index is 562. The summed E-state index contributed by atoms with van der Waals surface area (Å²) < 4.78 is 5.48. The molecule has 1 saturated heterocycles. The van der Waals surface area contributed by atoms with Crippen molar-refractivity contribution in [2.45, 2.75) is 71.1 Å². The molecule has 0 N–H and O–H groups in total. The minimum Gasteiger partial charge on any atom is -0.440 e. The Balaban J connectivity index is 3.25. The average molecular weight is 318 g/mol. The summed E-state index contributed by atoms with van der Waals surface area (Å²) in [4.78, 5) is 26.1. The van der Waals surface area contributed by atoms with Crippen molar-refractivity contribution in [2.75, 3.05) is 0 Å². The van der Waals surface area contributed by atoms with Crippen LogP contribution < -0.4 is 0 Å². The molecule has 0 aromatic carbocycles. The van der Waals surface area contributed by atoms with E-state index < -0.39 is 22.6 Å². The lowest BCUT2D eigenvalue weighted by molar-refractivity contribution is -0.172. The molecule has 1 aliphatic rings. The number of nitriles is 1. The van der Waals surface area contributed by atoms with Crippen LogP contribution in [0.25, 0.3) is 0 Å². The molecular formula is C18H26N2O3. The number of hydrogen-bond donors (Lipinski definition) is 0. The van der Waals surface area contributed by atoms with Crippen LogP contribution in [0.3, 0.4) is 0 Å². The summed E-state index contributed by atoms with van der Waals surface area (Å²) in [6, 6.07) is 2.18. The third-order valence-corrected chi connectivity index (χ3v) is 3.98. The molecule has 1 amide bonds. The van der Waals surface area contributed by atoms with Crippen molar-refractivity contribution in [2.24, 2.45) is 0 Å². The van der Waals surface area contributed by atoms with E-state index in [1.165, 1.54) is 12.2 Å². The first-order valence-corrected chi connectivity index (χ1v) is 7.77. The van der Waals surface area contributed by atoms with Gasteiger partial charge in [-0.2, -0.15) is 5.26 Å². The maximum absolute atomic E-state index is 12.5. The minimum atomic E-state index is -1.24. The van der Waals surface area contributed by atoms with Crippen LogP contribution in [0.5, 0.6) is 0 Å². The summed E-state index contributed by atoms with van der Waals surface area (Å²) in [5.41, 5.74) is -2.48. The second-order valence-corrected chi connectivity index (χ2v) is 7.18. The molecule has 1 rings (SSSR count). The molecule has 1 heterocycles. The molecule has 23 heavy (non-hydrogen) atoms. The number of piperidine rings is 1. The highest BCUT2D eigenvalue weighted by molar-refractivity contribution is 5.89. The molecule has 1 aliphatic heterocycles. The predicted molar refractivity (Wildman–Crippen MR) is 88.3 cm³/mol. The van der Waals surface area contributed by atoms with Crippen molar-refractivity contribution in [1.29, 1.82) is 5.26 Å². The van der Waals surface area contributed by atoms with Crippen molar-refractivity contribution in [3.05, 3.63) is 24.3 Å². The Labute approximate surface area is 138 Å². The number of carbonyl (C=O) groups is 2. The van der Waals surface area contributed by atoms with Gasteiger partial charge in [0.05, 0.1) is 0 Å². The average Bonchev–Trinajstić information content (AvgIpc) is 2.35. The van der Waals surface area contributed by atoms with Gasteiger partial charge >= 0.3 is 5.97 Å². The van der Waals surface area contributed by atoms with Crippen molar-refractivity contribution >= 4 is 11.9 Å². The summed E-state index contributed by atoms with van der Waals surface area (Å²) in [6.45, 7) is 11.1. The van der Waals surface area contributed by atoms with Crippen molar-refractivity contribution in [3.8, 4) is 6.07 Å². The minimum absolute atomic E-state index is 0.103. The van der Waals surface area contributed by atoms with E-state index in [2.05, 4.69) is 6.07 Å². The highest BCUT2D eigenvalue weighted by Gasteiger charge is 2.55. The largest absolute Gasteiger partial charge is 0.440 e. The van der Waals surface area contributed by atoms with Gasteiger partial charge in [0, 0.05) is 30.0 Å². The van der Waals surface area contributed by atoms with Crippen molar-refractivity contribution in [3.63, 3.8) is 0 Å². The van der Waals surface area contributed by atoms with E-state index in [4.69, 9.17) is 4.74 Å². The maximum Gasteiger partial charge on any atom is 0.332 e. The van der Waals surface area contributed by atoms with E-state index in [1.807, 2.05) is 27.7 Å². The quantitative estimate of drug-likeness (QED) is 0.592. The number of likely N-dealkylation sites (tertiary alicyclic amines) is 1. The lowest BCUT2D eigenvalue weighted by atomic mass is 9.71. The molecule has 126 valence electrons. The van der Waals surface area contributed by atoms with Gasteiger partial charge in [0.1, 0.15) is 6.07 Å². The number of nitrogens with zero attached hydrogens (tertiary/aromatic N) is 2. The zero-order valence-corrected chi connectivity index (χ0v) is 14.8. The Morgan fingerprint density at radius 1 is 1.04 bits per heavy atom. The molecule has 0 aromatic heterocycles. The van der Waals surface area contributed by atoms with Gasteiger partial charge in [-0.15, -0.1) is 0 Å². The van der Waals surface area contributed by atoms with E-state index >= 15 is 0 Å². The van der Waals surface area contributed by atoms with Crippen LogP contribution in [0.1, 0.15) is 54.4 Å². The van der Waals surface area contributed by atoms with Crippen molar-refractivity contribution < 1.29 is 14.3 Å². The molecule has 0 bridgehead atoms. The normalized spacial score (nSPS) is 22.0. The first kappa shape index (κ1) is 19.0. The van der Waals surface area contributed by atoms with Gasteiger partial charge in [0.2, 0.25) is 11.5 Å². The summed E-state index contributed by atoms with van der Waals surface area (Å²) in [5, 5.41) is 9.68. The molecule has 5 nitrogen and oxygen atoms in total. The van der Waals surface area contributed by atoms with Gasteiger partial charge < -0.3 is 9.64 Å². The monoisotopic (exact) mass is 318 g/mol. The Kier molecular flexibility index (Phi) is 5.42. The van der Waals surface area contributed by atoms with Gasteiger partial charge in [-0.1, -0.05) is 12.2 Å². The van der Waals surface area contributed by atoms with E-state index in [-0.39, 0.29) is 18.7 Å². The number of amides is 1. The zero-order chi connectivity index (χ0) is 17.9. The number of carbonyl (C=O) groups excluding carboxylic acids is 2. The number of esters is 1. The second-order valence-electron chi connectivity index (χ2n) is 7.18. The number of allylic oxidation sites excluding steroid dienone is 2. The van der Waals surface area contributed by atoms with Crippen molar-refractivity contribution in [1.82, 2.24) is 4.90 Å². The SMILES string of the molecule is CC=CC(=O)OC1(C#N)CC(C)(C)N(C(=O)C=CC)C(C)(C)C1. The lowest BCUT2D eigenvalue weighted by Gasteiger charge is -2.56. The molecule has 5 heteroatoms. The molecule has 0 atom stereocenters. The van der Waals surface area contributed by atoms with Gasteiger partial charge in [-0.25, -0.2) is 4.79 Å². The molecule has 0 unspecified atom stereocenters. The molecule has 0 saturated carbocycles. The van der Waals surface area contributed by atoms with Crippen LogP contribution in [0, 0.1) is 11.3 Å². The van der Waals surface area contributed by atoms with E-state index in [9.17, 15) is 14.9 Å². The first-order chi connectivity index (χ1) is 10.5. The molecule has 0 radical (unpaired) electrons. The third-order valence-electron chi connectivity index (χ3n) is 3.98. The first-order valence-electron chi connectivity index (χ1n) is 7.77. The molecule has 0 spiro atoms. The van der Waals surface area contributed by atoms with Crippen LogP contribution in [-0.2, 0) is 14.3 Å². The summed E-state index contributed by atoms with van der Waals surface area (Å²) in [5.74, 6) is -0.636. The predicted octanol–water partition coefficient (Wildman–Crippen LogP) is 3.12. The van der Waals surface area contributed by atoms with Gasteiger partial charge in [-0.05, 0) is 47.6 Å². The van der Waals surface area contributed by atoms with E-state index in [0.29, 0.717) is 0 Å². The fraction of sp³-hybridized carbons (Fsp3) is 0.611. The van der Waals surface area contributed by atoms with Crippen LogP contribution in [0.15, 0.2) is 24.3 Å². The summed E-state index contributed by atoms with van der Waals surface area (Å²) >= 11 is 0. The fourth-order valence-corrected chi connectivity index (χ4v) is 3.79. The molecule has 1 fully saturated rings. The van der Waals surface area contributed by atoms with Crippen LogP contribution >= 0.6 is 0 Å². The smallest absolute Gasteiger partial charge is 0.332 e. The van der Waals surface area contributed by atoms with Gasteiger partial charge in [0.15, 0.2) is 0 Å². The van der Waals surface area contributed by atoms with Gasteiger partial charge in [-0.3, -0.25) is 4.79 Å². The molecule has 0 aromatic rings. The third kappa shape index (κ3) is 4.01. The Morgan fingerprint density at radius 2 is 1.52 bits per heavy atom. The van der Waals surface area contributed by atoms with E-state index in [0.717, 1.165) is 0 Å². The lowest BCUT2D eigenvalue weighted by Crippen LogP contribution is -2.67. The topological polar surface area (TPSA) is 70.4 Å². The highest BCUT2D eigenvalue weighted by atomic mass is 16.6. The van der Waals surface area contributed by atoms with Crippen LogP contribution in [-0.4, -0.2) is 33.5 Å². The Morgan fingerprint density at radius 3 is 1.91 bits per heavy atom. The number of hydrogen-bond acceptors (Lipinski definition) is 4. The second kappa shape index (κ2) is 6.57. The number of ether oxygens (including phenoxy) is 1. The van der Waals surface area contributed by atoms with Crippen LogP contribution in [0.2, 0.25) is 0 Å². The van der Waals surface area contributed by atoms with Gasteiger partial charge in [0.25, 0.3) is 0 Å². The number of rotatable bonds is 3. The molecule has 0 aliphatic carbocycles. The fourth-order valence-electron chi connectivity index (χ4n) is 3.79.